The molecule has 1 aromatic rings. The Bertz CT molecular complexity index is 710. The summed E-state index contributed by atoms with van der Waals surface area (Å²) in [6.07, 6.45) is -0.475. The highest BCUT2D eigenvalue weighted by Crippen LogP contribution is 2.38. The number of nitro benzene ring substituents is 3. The number of aromatic hydroxyl groups is 1. The van der Waals surface area contributed by atoms with Gasteiger partial charge in [0.05, 0.1) is 39.1 Å². The van der Waals surface area contributed by atoms with E-state index >= 15 is 0 Å². The van der Waals surface area contributed by atoms with E-state index in [1.807, 2.05) is 13.8 Å². The van der Waals surface area contributed by atoms with Crippen LogP contribution in [0.5, 0.6) is 5.75 Å². The molecule has 1 heterocycles. The van der Waals surface area contributed by atoms with Gasteiger partial charge in [-0.25, -0.2) is 0 Å². The van der Waals surface area contributed by atoms with Gasteiger partial charge in [0.15, 0.2) is 0 Å². The van der Waals surface area contributed by atoms with Crippen LogP contribution in [0.25, 0.3) is 0 Å². The van der Waals surface area contributed by atoms with Gasteiger partial charge in [0.1, 0.15) is 0 Å². The van der Waals surface area contributed by atoms with Crippen molar-refractivity contribution >= 4 is 17.1 Å². The number of phenolic OH excluding ortho intramolecular Hbond substituents is 1. The van der Waals surface area contributed by atoms with Crippen LogP contribution in [0, 0.1) is 30.3 Å². The number of nitrogens with zero attached hydrogens (tertiary/aromatic N) is 5. The van der Waals surface area contributed by atoms with Crippen molar-refractivity contribution in [3.8, 4) is 5.75 Å². The van der Waals surface area contributed by atoms with Gasteiger partial charge in [-0.1, -0.05) is 0 Å². The lowest BCUT2D eigenvalue weighted by Crippen LogP contribution is -2.49. The Morgan fingerprint density at radius 1 is 0.833 bits per heavy atom. The Labute approximate surface area is 171 Å². The van der Waals surface area contributed by atoms with Gasteiger partial charge in [-0.3, -0.25) is 40.1 Å². The van der Waals surface area contributed by atoms with Crippen molar-refractivity contribution in [3.05, 3.63) is 42.5 Å². The lowest BCUT2D eigenvalue weighted by molar-refractivity contribution is -0.404. The van der Waals surface area contributed by atoms with E-state index in [4.69, 9.17) is 5.11 Å². The number of phenols is 1. The summed E-state index contributed by atoms with van der Waals surface area (Å²) in [4.78, 5) is 32.3. The molecule has 1 aliphatic heterocycles. The lowest BCUT2D eigenvalue weighted by atomic mass is 10.2. The van der Waals surface area contributed by atoms with Gasteiger partial charge in [0, 0.05) is 39.3 Å². The van der Waals surface area contributed by atoms with Crippen molar-refractivity contribution in [2.24, 2.45) is 0 Å². The van der Waals surface area contributed by atoms with Crippen LogP contribution in [-0.4, -0.2) is 91.4 Å². The molecule has 3 N–H and O–H groups in total. The largest absolute Gasteiger partial charge is 0.497 e. The Kier molecular flexibility index (Phi) is 9.45. The zero-order valence-corrected chi connectivity index (χ0v) is 16.6. The molecular formula is C16H25N5O9. The van der Waals surface area contributed by atoms with E-state index < -0.39 is 37.6 Å². The van der Waals surface area contributed by atoms with Crippen LogP contribution >= 0.6 is 0 Å². The summed E-state index contributed by atoms with van der Waals surface area (Å²) in [5.41, 5.74) is -3.00. The molecule has 0 saturated carbocycles. The highest BCUT2D eigenvalue weighted by atomic mass is 16.6. The Morgan fingerprint density at radius 3 is 1.40 bits per heavy atom. The summed E-state index contributed by atoms with van der Waals surface area (Å²) in [5.74, 6) is -1.21. The maximum absolute atomic E-state index is 10.4. The predicted molar refractivity (Wildman–Crippen MR) is 104 cm³/mol. The number of piperazine rings is 1. The molecule has 2 unspecified atom stereocenters. The second kappa shape index (κ2) is 11.3. The number of hydrogen-bond donors (Lipinski definition) is 3. The lowest BCUT2D eigenvalue weighted by Gasteiger charge is -2.35. The van der Waals surface area contributed by atoms with E-state index in [2.05, 4.69) is 9.80 Å². The smallest absolute Gasteiger partial charge is 0.324 e. The average molecular weight is 431 g/mol. The highest BCUT2D eigenvalue weighted by Gasteiger charge is 2.30. The zero-order chi connectivity index (χ0) is 23.0. The van der Waals surface area contributed by atoms with Crippen LogP contribution in [0.4, 0.5) is 17.1 Å². The first-order valence-electron chi connectivity index (χ1n) is 9.03. The second-order valence-corrected chi connectivity index (χ2v) is 6.90. The monoisotopic (exact) mass is 431 g/mol. The molecule has 2 atom stereocenters. The fourth-order valence-corrected chi connectivity index (χ4v) is 2.88. The fourth-order valence-electron chi connectivity index (χ4n) is 2.88. The third-order valence-corrected chi connectivity index (χ3v) is 4.17. The minimum absolute atomic E-state index is 0.238. The van der Waals surface area contributed by atoms with E-state index in [9.17, 15) is 40.6 Å². The molecule has 0 amide bonds. The third-order valence-electron chi connectivity index (χ3n) is 4.17. The minimum atomic E-state index is -1.21. The normalized spacial score (nSPS) is 16.8. The molecule has 30 heavy (non-hydrogen) atoms. The quantitative estimate of drug-likeness (QED) is 0.401. The van der Waals surface area contributed by atoms with Crippen LogP contribution in [0.15, 0.2) is 12.1 Å². The van der Waals surface area contributed by atoms with E-state index in [0.29, 0.717) is 12.1 Å². The van der Waals surface area contributed by atoms with E-state index in [1.54, 1.807) is 0 Å². The van der Waals surface area contributed by atoms with E-state index in [1.165, 1.54) is 0 Å². The van der Waals surface area contributed by atoms with Crippen LogP contribution in [0.1, 0.15) is 13.8 Å². The molecule has 2 rings (SSSR count). The summed E-state index contributed by atoms with van der Waals surface area (Å²) < 4.78 is 0. The molecule has 1 saturated heterocycles. The van der Waals surface area contributed by atoms with Crippen LogP contribution in [-0.2, 0) is 0 Å². The molecule has 0 bridgehead atoms. The summed E-state index contributed by atoms with van der Waals surface area (Å²) in [7, 11) is 0. The minimum Gasteiger partial charge on any atom is -0.497 e. The van der Waals surface area contributed by atoms with Crippen LogP contribution in [0.3, 0.4) is 0 Å². The highest BCUT2D eigenvalue weighted by molar-refractivity contribution is 5.64. The number of rotatable bonds is 7. The number of non-ortho nitro benzene ring substituents is 1. The molecule has 14 heteroatoms. The third kappa shape index (κ3) is 7.82. The molecule has 0 aliphatic carbocycles. The van der Waals surface area contributed by atoms with Gasteiger partial charge in [-0.05, 0) is 13.8 Å². The Morgan fingerprint density at radius 2 is 1.17 bits per heavy atom. The molecule has 1 fully saturated rings. The van der Waals surface area contributed by atoms with Crippen molar-refractivity contribution in [1.82, 2.24) is 9.80 Å². The first-order valence-corrected chi connectivity index (χ1v) is 9.03. The van der Waals surface area contributed by atoms with Gasteiger partial charge >= 0.3 is 11.4 Å². The van der Waals surface area contributed by atoms with Crippen LogP contribution in [0.2, 0.25) is 0 Å². The standard InChI is InChI=1S/C10H22N2O2.C6H3N3O7/c1-9(13)7-11-3-5-12(6-4-11)8-10(2)14;10-6-4(8(13)14)1-3(7(11)12)2-5(6)9(15)16/h9-10,13-14H,3-8H2,1-2H3;1-2,10H. The molecule has 0 aromatic heterocycles. The molecule has 14 nitrogen and oxygen atoms in total. The topological polar surface area (TPSA) is 197 Å². The van der Waals surface area contributed by atoms with Crippen molar-refractivity contribution in [3.63, 3.8) is 0 Å². The van der Waals surface area contributed by atoms with Gasteiger partial charge in [0.25, 0.3) is 11.4 Å². The SMILES string of the molecule is CC(O)CN1CCN(CC(C)O)CC1.O=[N+]([O-])c1cc([N+](=O)[O-])c(O)c([N+](=O)[O-])c1. The molecule has 0 spiro atoms. The Hall–Kier alpha value is -2.94. The number of benzene rings is 1. The van der Waals surface area contributed by atoms with Crippen molar-refractivity contribution in [2.75, 3.05) is 39.3 Å². The maximum Gasteiger partial charge on any atom is 0.324 e. The predicted octanol–water partition coefficient (Wildman–Crippen LogP) is 0.482. The average Bonchev–Trinajstić information content (AvgIpc) is 2.62. The number of aliphatic hydroxyl groups excluding tert-OH is 2. The van der Waals surface area contributed by atoms with Gasteiger partial charge in [-0.2, -0.15) is 0 Å². The van der Waals surface area contributed by atoms with Crippen molar-refractivity contribution in [2.45, 2.75) is 26.1 Å². The zero-order valence-electron chi connectivity index (χ0n) is 16.6. The van der Waals surface area contributed by atoms with E-state index in [-0.39, 0.29) is 12.2 Å². The summed E-state index contributed by atoms with van der Waals surface area (Å²) in [6, 6.07) is 0.894. The van der Waals surface area contributed by atoms with Crippen LogP contribution < -0.4 is 0 Å². The number of aliphatic hydroxyl groups is 2. The first kappa shape index (κ1) is 25.1. The molecule has 0 radical (unpaired) electrons. The number of β-amino-alcohol motifs (C(OH)–C–C–N with tert-alkyl or cyclic N) is 2. The number of nitro groups is 3. The summed E-state index contributed by atoms with van der Waals surface area (Å²) in [5, 5.41) is 58.7. The first-order chi connectivity index (χ1) is 13.9. The summed E-state index contributed by atoms with van der Waals surface area (Å²) in [6.45, 7) is 9.17. The second-order valence-electron chi connectivity index (χ2n) is 6.90. The Balaban J connectivity index is 0.000000303. The fraction of sp³-hybridized carbons (Fsp3) is 0.625. The number of hydrogen-bond acceptors (Lipinski definition) is 11. The summed E-state index contributed by atoms with van der Waals surface area (Å²) >= 11 is 0. The van der Waals surface area contributed by atoms with Crippen molar-refractivity contribution < 1.29 is 30.1 Å². The van der Waals surface area contributed by atoms with Gasteiger partial charge in [0.2, 0.25) is 0 Å². The molecule has 1 aromatic carbocycles. The molecular weight excluding hydrogens is 406 g/mol. The molecule has 168 valence electrons. The van der Waals surface area contributed by atoms with Gasteiger partial charge in [-0.15, -0.1) is 0 Å². The van der Waals surface area contributed by atoms with Crippen molar-refractivity contribution in [1.29, 1.82) is 0 Å². The van der Waals surface area contributed by atoms with Gasteiger partial charge < -0.3 is 15.3 Å². The van der Waals surface area contributed by atoms with E-state index in [0.717, 1.165) is 39.3 Å². The molecule has 1 aliphatic rings. The maximum atomic E-state index is 10.4.